The molecule has 0 aromatic heterocycles. The van der Waals surface area contributed by atoms with E-state index in [0.29, 0.717) is 16.8 Å². The fourth-order valence-corrected chi connectivity index (χ4v) is 2.25. The van der Waals surface area contributed by atoms with E-state index in [0.717, 1.165) is 5.56 Å². The van der Waals surface area contributed by atoms with Crippen LogP contribution < -0.4 is 5.32 Å². The minimum absolute atomic E-state index is 0.178. The van der Waals surface area contributed by atoms with E-state index in [-0.39, 0.29) is 12.2 Å². The summed E-state index contributed by atoms with van der Waals surface area (Å²) in [7, 11) is 0. The number of aromatic carboxylic acids is 1. The highest BCUT2D eigenvalue weighted by atomic mass is 16.5. The molecular formula is C17H17NO4. The van der Waals surface area contributed by atoms with Gasteiger partial charge in [-0.25, -0.2) is 9.59 Å². The molecule has 0 aliphatic heterocycles. The van der Waals surface area contributed by atoms with Crippen molar-refractivity contribution in [3.63, 3.8) is 0 Å². The van der Waals surface area contributed by atoms with Gasteiger partial charge >= 0.3 is 12.1 Å². The second kappa shape index (κ2) is 6.76. The van der Waals surface area contributed by atoms with Gasteiger partial charge in [-0.15, -0.1) is 0 Å². The summed E-state index contributed by atoms with van der Waals surface area (Å²) in [6.07, 6.45) is -0.578. The Bertz CT molecular complexity index is 672. The monoisotopic (exact) mass is 299 g/mol. The number of amides is 1. The normalized spacial score (nSPS) is 10.1. The lowest BCUT2D eigenvalue weighted by Crippen LogP contribution is -2.14. The van der Waals surface area contributed by atoms with Crippen molar-refractivity contribution in [2.24, 2.45) is 0 Å². The Morgan fingerprint density at radius 1 is 1.09 bits per heavy atom. The topological polar surface area (TPSA) is 75.6 Å². The maximum absolute atomic E-state index is 11.8. The maximum Gasteiger partial charge on any atom is 0.411 e. The minimum Gasteiger partial charge on any atom is -0.478 e. The highest BCUT2D eigenvalue weighted by molar-refractivity contribution is 5.93. The number of carbonyl (C=O) groups excluding carboxylic acids is 1. The van der Waals surface area contributed by atoms with E-state index in [4.69, 9.17) is 9.84 Å². The van der Waals surface area contributed by atoms with Crippen LogP contribution in [-0.4, -0.2) is 17.2 Å². The Morgan fingerprint density at radius 3 is 2.23 bits per heavy atom. The summed E-state index contributed by atoms with van der Waals surface area (Å²) in [5, 5.41) is 11.7. The number of hydrogen-bond acceptors (Lipinski definition) is 3. The Balaban J connectivity index is 2.01. The zero-order valence-electron chi connectivity index (χ0n) is 12.4. The van der Waals surface area contributed by atoms with E-state index in [9.17, 15) is 9.59 Å². The number of benzene rings is 2. The summed E-state index contributed by atoms with van der Waals surface area (Å²) in [5.41, 5.74) is 2.84. The number of ether oxygens (including phenoxy) is 1. The zero-order chi connectivity index (χ0) is 16.1. The lowest BCUT2D eigenvalue weighted by molar-refractivity contribution is 0.0695. The van der Waals surface area contributed by atoms with Crippen LogP contribution in [0.15, 0.2) is 42.5 Å². The van der Waals surface area contributed by atoms with E-state index in [2.05, 4.69) is 5.32 Å². The molecule has 5 nitrogen and oxygen atoms in total. The van der Waals surface area contributed by atoms with Gasteiger partial charge in [0.15, 0.2) is 0 Å². The molecule has 2 N–H and O–H groups in total. The van der Waals surface area contributed by atoms with E-state index < -0.39 is 12.1 Å². The molecule has 0 bridgehead atoms. The lowest BCUT2D eigenvalue weighted by Gasteiger charge is -2.11. The fraction of sp³-hybridized carbons (Fsp3) is 0.176. The number of rotatable bonds is 4. The first kappa shape index (κ1) is 15.6. The molecule has 0 aliphatic rings. The Morgan fingerprint density at radius 2 is 1.68 bits per heavy atom. The molecule has 0 atom stereocenters. The molecule has 2 aromatic rings. The smallest absolute Gasteiger partial charge is 0.411 e. The van der Waals surface area contributed by atoms with Gasteiger partial charge in [0.25, 0.3) is 0 Å². The second-order valence-corrected chi connectivity index (χ2v) is 4.98. The predicted molar refractivity (Wildman–Crippen MR) is 83.1 cm³/mol. The number of carboxylic acids is 1. The van der Waals surface area contributed by atoms with Gasteiger partial charge in [0.05, 0.1) is 5.56 Å². The Kier molecular flexibility index (Phi) is 4.78. The van der Waals surface area contributed by atoms with Crippen molar-refractivity contribution in [2.45, 2.75) is 20.5 Å². The lowest BCUT2D eigenvalue weighted by atomic mass is 10.0. The number of carbonyl (C=O) groups is 2. The van der Waals surface area contributed by atoms with Gasteiger partial charge < -0.3 is 9.84 Å². The van der Waals surface area contributed by atoms with Crippen molar-refractivity contribution in [1.29, 1.82) is 0 Å². The summed E-state index contributed by atoms with van der Waals surface area (Å²) in [5.74, 6) is -0.979. The van der Waals surface area contributed by atoms with Crippen LogP contribution in [0.5, 0.6) is 0 Å². The van der Waals surface area contributed by atoms with Gasteiger partial charge in [-0.3, -0.25) is 5.32 Å². The van der Waals surface area contributed by atoms with Crippen molar-refractivity contribution < 1.29 is 19.4 Å². The van der Waals surface area contributed by atoms with Crippen LogP contribution in [0.25, 0.3) is 0 Å². The first-order valence-electron chi connectivity index (χ1n) is 6.79. The number of carboxylic acid groups (broad SMARTS) is 1. The third-order valence-electron chi connectivity index (χ3n) is 3.21. The third-order valence-corrected chi connectivity index (χ3v) is 3.21. The largest absolute Gasteiger partial charge is 0.478 e. The summed E-state index contributed by atoms with van der Waals surface area (Å²) in [4.78, 5) is 22.9. The van der Waals surface area contributed by atoms with Crippen molar-refractivity contribution >= 4 is 17.7 Å². The van der Waals surface area contributed by atoms with Crippen LogP contribution in [0.4, 0.5) is 10.5 Å². The summed E-state index contributed by atoms with van der Waals surface area (Å²) in [6.45, 7) is 3.56. The average Bonchev–Trinajstić information content (AvgIpc) is 2.45. The summed E-state index contributed by atoms with van der Waals surface area (Å²) >= 11 is 0. The number of nitrogens with one attached hydrogen (secondary N) is 1. The Hall–Kier alpha value is -2.82. The van der Waals surface area contributed by atoms with Gasteiger partial charge in [0.1, 0.15) is 6.61 Å². The SMILES string of the molecule is Cc1cc(NC(=O)OCc2ccccc2)cc(C)c1C(=O)O. The number of hydrogen-bond donors (Lipinski definition) is 2. The van der Waals surface area contributed by atoms with Crippen molar-refractivity contribution in [3.05, 3.63) is 64.7 Å². The molecule has 5 heteroatoms. The Labute approximate surface area is 128 Å². The van der Waals surface area contributed by atoms with Crippen LogP contribution in [0, 0.1) is 13.8 Å². The standard InChI is InChI=1S/C17H17NO4/c1-11-8-14(9-12(2)15(11)16(19)20)18-17(21)22-10-13-6-4-3-5-7-13/h3-9H,10H2,1-2H3,(H,18,21)(H,19,20). The molecule has 0 aliphatic carbocycles. The van der Waals surface area contributed by atoms with Gasteiger partial charge in [-0.05, 0) is 42.7 Å². The van der Waals surface area contributed by atoms with Crippen LogP contribution in [-0.2, 0) is 11.3 Å². The first-order valence-corrected chi connectivity index (χ1v) is 6.79. The summed E-state index contributed by atoms with van der Waals surface area (Å²) in [6, 6.07) is 12.6. The minimum atomic E-state index is -0.979. The van der Waals surface area contributed by atoms with E-state index in [1.165, 1.54) is 0 Å². The maximum atomic E-state index is 11.8. The molecule has 0 unspecified atom stereocenters. The van der Waals surface area contributed by atoms with Crippen molar-refractivity contribution in [3.8, 4) is 0 Å². The van der Waals surface area contributed by atoms with Gasteiger partial charge in [0, 0.05) is 5.69 Å². The average molecular weight is 299 g/mol. The van der Waals surface area contributed by atoms with Gasteiger partial charge in [0.2, 0.25) is 0 Å². The summed E-state index contributed by atoms with van der Waals surface area (Å²) < 4.78 is 5.12. The molecule has 0 fully saturated rings. The molecule has 2 rings (SSSR count). The van der Waals surface area contributed by atoms with Crippen LogP contribution >= 0.6 is 0 Å². The van der Waals surface area contributed by atoms with Crippen LogP contribution in [0.2, 0.25) is 0 Å². The first-order chi connectivity index (χ1) is 10.5. The molecule has 1 amide bonds. The highest BCUT2D eigenvalue weighted by Crippen LogP contribution is 2.20. The molecule has 0 heterocycles. The highest BCUT2D eigenvalue weighted by Gasteiger charge is 2.13. The molecule has 0 spiro atoms. The fourth-order valence-electron chi connectivity index (χ4n) is 2.25. The number of anilines is 1. The van der Waals surface area contributed by atoms with Crippen molar-refractivity contribution in [1.82, 2.24) is 0 Å². The van der Waals surface area contributed by atoms with Crippen LogP contribution in [0.3, 0.4) is 0 Å². The van der Waals surface area contributed by atoms with Gasteiger partial charge in [-0.1, -0.05) is 30.3 Å². The van der Waals surface area contributed by atoms with Gasteiger partial charge in [-0.2, -0.15) is 0 Å². The molecule has 2 aromatic carbocycles. The van der Waals surface area contributed by atoms with Crippen molar-refractivity contribution in [2.75, 3.05) is 5.32 Å². The quantitative estimate of drug-likeness (QED) is 0.901. The second-order valence-electron chi connectivity index (χ2n) is 4.98. The molecule has 0 radical (unpaired) electrons. The van der Waals surface area contributed by atoms with E-state index in [1.54, 1.807) is 26.0 Å². The zero-order valence-corrected chi connectivity index (χ0v) is 12.4. The third kappa shape index (κ3) is 3.85. The predicted octanol–water partition coefficient (Wildman–Crippen LogP) is 3.75. The van der Waals surface area contributed by atoms with E-state index >= 15 is 0 Å². The molecular weight excluding hydrogens is 282 g/mol. The molecule has 114 valence electrons. The molecule has 22 heavy (non-hydrogen) atoms. The molecule has 0 saturated heterocycles. The number of aryl methyl sites for hydroxylation is 2. The van der Waals surface area contributed by atoms with Crippen LogP contribution in [0.1, 0.15) is 27.0 Å². The molecule has 0 saturated carbocycles. The van der Waals surface area contributed by atoms with E-state index in [1.807, 2.05) is 30.3 Å².